The quantitative estimate of drug-likeness (QED) is 0.284. The summed E-state index contributed by atoms with van der Waals surface area (Å²) in [5.41, 5.74) is -0.214. The van der Waals surface area contributed by atoms with Gasteiger partial charge in [0.05, 0.1) is 23.2 Å². The molecular formula is C30H33F7N4O3. The Morgan fingerprint density at radius 2 is 1.52 bits per heavy atom. The SMILES string of the molecule is Cc1cc(F)ccc1C1CN(C(=O)OC(C)(C)C)CCN1C(=O)NN1CC=CCC1c1cc(C(F)(F)F)cc(C(F)(F)F)c1. The van der Waals surface area contributed by atoms with Crippen molar-refractivity contribution < 1.29 is 45.1 Å². The van der Waals surface area contributed by atoms with Crippen molar-refractivity contribution in [1.82, 2.24) is 20.2 Å². The van der Waals surface area contributed by atoms with Gasteiger partial charge in [0.1, 0.15) is 11.4 Å². The molecule has 2 aromatic rings. The molecule has 2 unspecified atom stereocenters. The minimum Gasteiger partial charge on any atom is -0.444 e. The molecule has 7 nitrogen and oxygen atoms in total. The first-order valence-corrected chi connectivity index (χ1v) is 13.9. The number of nitrogens with zero attached hydrogens (tertiary/aromatic N) is 3. The smallest absolute Gasteiger partial charge is 0.416 e. The molecule has 1 fully saturated rings. The fourth-order valence-corrected chi connectivity index (χ4v) is 5.26. The number of piperazine rings is 1. The number of carbonyl (C=O) groups excluding carboxylic acids is 2. The molecule has 0 radical (unpaired) electrons. The molecule has 3 amide bonds. The number of hydrogen-bond donors (Lipinski definition) is 1. The maximum absolute atomic E-state index is 13.9. The van der Waals surface area contributed by atoms with Gasteiger partial charge in [0.25, 0.3) is 0 Å². The van der Waals surface area contributed by atoms with Crippen LogP contribution in [0.5, 0.6) is 0 Å². The lowest BCUT2D eigenvalue weighted by Gasteiger charge is -2.43. The van der Waals surface area contributed by atoms with E-state index in [0.717, 1.165) is 0 Å². The van der Waals surface area contributed by atoms with E-state index in [1.165, 1.54) is 33.0 Å². The molecule has 0 saturated carbocycles. The number of aryl methyl sites for hydroxylation is 1. The van der Waals surface area contributed by atoms with Crippen LogP contribution in [0, 0.1) is 12.7 Å². The first-order chi connectivity index (χ1) is 20.3. The number of alkyl halides is 6. The van der Waals surface area contributed by atoms with Crippen LogP contribution in [0.15, 0.2) is 48.6 Å². The van der Waals surface area contributed by atoms with E-state index in [4.69, 9.17) is 4.74 Å². The summed E-state index contributed by atoms with van der Waals surface area (Å²) in [6.07, 6.45) is -7.37. The van der Waals surface area contributed by atoms with Crippen molar-refractivity contribution in [2.45, 2.75) is 64.2 Å². The summed E-state index contributed by atoms with van der Waals surface area (Å²) < 4.78 is 101. The molecule has 1 N–H and O–H groups in total. The first kappa shape index (κ1) is 33.1. The molecule has 2 aliphatic rings. The summed E-state index contributed by atoms with van der Waals surface area (Å²) in [6.45, 7) is 6.89. The van der Waals surface area contributed by atoms with Crippen molar-refractivity contribution in [2.75, 3.05) is 26.2 Å². The van der Waals surface area contributed by atoms with Crippen molar-refractivity contribution in [2.24, 2.45) is 0 Å². The Balaban J connectivity index is 1.64. The van der Waals surface area contributed by atoms with Crippen molar-refractivity contribution in [1.29, 1.82) is 0 Å². The van der Waals surface area contributed by atoms with E-state index in [1.54, 1.807) is 39.8 Å². The monoisotopic (exact) mass is 630 g/mol. The largest absolute Gasteiger partial charge is 0.444 e. The maximum Gasteiger partial charge on any atom is 0.416 e. The van der Waals surface area contributed by atoms with Crippen LogP contribution in [0.3, 0.4) is 0 Å². The lowest BCUT2D eigenvalue weighted by Crippen LogP contribution is -2.58. The summed E-state index contributed by atoms with van der Waals surface area (Å²) in [7, 11) is 0. The predicted octanol–water partition coefficient (Wildman–Crippen LogP) is 7.39. The number of amides is 3. The molecule has 14 heteroatoms. The minimum absolute atomic E-state index is 0.000702. The lowest BCUT2D eigenvalue weighted by molar-refractivity contribution is -0.143. The maximum atomic E-state index is 13.9. The summed E-state index contributed by atoms with van der Waals surface area (Å²) in [5, 5.41) is 1.28. The van der Waals surface area contributed by atoms with Crippen LogP contribution in [-0.4, -0.2) is 58.7 Å². The van der Waals surface area contributed by atoms with Gasteiger partial charge in [-0.05, 0) is 81.1 Å². The van der Waals surface area contributed by atoms with E-state index >= 15 is 0 Å². The van der Waals surface area contributed by atoms with E-state index in [-0.39, 0.29) is 44.2 Å². The lowest BCUT2D eigenvalue weighted by atomic mass is 9.95. The van der Waals surface area contributed by atoms with Gasteiger partial charge in [0.15, 0.2) is 0 Å². The van der Waals surface area contributed by atoms with Gasteiger partial charge in [0, 0.05) is 26.2 Å². The molecule has 44 heavy (non-hydrogen) atoms. The van der Waals surface area contributed by atoms with Crippen molar-refractivity contribution >= 4 is 12.1 Å². The van der Waals surface area contributed by atoms with Crippen LogP contribution >= 0.6 is 0 Å². The van der Waals surface area contributed by atoms with Crippen molar-refractivity contribution in [3.63, 3.8) is 0 Å². The summed E-state index contributed by atoms with van der Waals surface area (Å²) in [6, 6.07) is 2.89. The molecule has 1 saturated heterocycles. The number of urea groups is 1. The number of benzene rings is 2. The highest BCUT2D eigenvalue weighted by Crippen LogP contribution is 2.39. The molecule has 4 rings (SSSR count). The van der Waals surface area contributed by atoms with Gasteiger partial charge in [-0.15, -0.1) is 0 Å². The Bertz CT molecular complexity index is 1390. The molecule has 240 valence electrons. The number of nitrogens with one attached hydrogen (secondary N) is 1. The van der Waals surface area contributed by atoms with E-state index in [1.807, 2.05) is 0 Å². The van der Waals surface area contributed by atoms with Crippen LogP contribution in [0.4, 0.5) is 40.3 Å². The van der Waals surface area contributed by atoms with E-state index < -0.39 is 59.1 Å². The highest BCUT2D eigenvalue weighted by atomic mass is 19.4. The Labute approximate surface area is 250 Å². The number of carbonyl (C=O) groups is 2. The third kappa shape index (κ3) is 7.82. The van der Waals surface area contributed by atoms with Gasteiger partial charge in [-0.2, -0.15) is 26.3 Å². The molecule has 2 atom stereocenters. The number of ether oxygens (including phenoxy) is 1. The molecule has 0 aliphatic carbocycles. The second-order valence-corrected chi connectivity index (χ2v) is 11.8. The fraction of sp³-hybridized carbons (Fsp3) is 0.467. The van der Waals surface area contributed by atoms with Crippen LogP contribution in [0.25, 0.3) is 0 Å². The summed E-state index contributed by atoms with van der Waals surface area (Å²) in [4.78, 5) is 29.4. The van der Waals surface area contributed by atoms with Crippen LogP contribution in [0.2, 0.25) is 0 Å². The average Bonchev–Trinajstić information content (AvgIpc) is 2.91. The zero-order valence-electron chi connectivity index (χ0n) is 24.5. The van der Waals surface area contributed by atoms with Crippen LogP contribution in [-0.2, 0) is 17.1 Å². The molecule has 0 spiro atoms. The van der Waals surface area contributed by atoms with E-state index in [2.05, 4.69) is 5.43 Å². The Kier molecular flexibility index (Phi) is 9.24. The topological polar surface area (TPSA) is 65.1 Å². The van der Waals surface area contributed by atoms with E-state index in [0.29, 0.717) is 23.3 Å². The van der Waals surface area contributed by atoms with Crippen LogP contribution in [0.1, 0.15) is 67.1 Å². The number of hydrazine groups is 1. The van der Waals surface area contributed by atoms with Gasteiger partial charge in [-0.1, -0.05) is 18.2 Å². The summed E-state index contributed by atoms with van der Waals surface area (Å²) >= 11 is 0. The third-order valence-corrected chi connectivity index (χ3v) is 7.32. The molecule has 0 bridgehead atoms. The average molecular weight is 631 g/mol. The molecule has 2 aromatic carbocycles. The fourth-order valence-electron chi connectivity index (χ4n) is 5.26. The normalized spacial score (nSPS) is 20.1. The molecule has 0 aromatic heterocycles. The van der Waals surface area contributed by atoms with Gasteiger partial charge in [-0.3, -0.25) is 5.43 Å². The number of rotatable bonds is 3. The zero-order valence-corrected chi connectivity index (χ0v) is 24.5. The molecule has 2 aliphatic heterocycles. The van der Waals surface area contributed by atoms with Crippen LogP contribution < -0.4 is 5.43 Å². The second kappa shape index (κ2) is 12.3. The van der Waals surface area contributed by atoms with Crippen molar-refractivity contribution in [3.05, 3.63) is 82.2 Å². The number of halogens is 7. The molecule has 2 heterocycles. The standard InChI is InChI=1S/C30H33F7N4O3/c1-18-13-22(31)8-9-23(18)25-17-39(27(43)44-28(2,3)4)11-12-40(25)26(42)38-41-10-6-5-7-24(41)19-14-20(29(32,33)34)16-21(15-19)30(35,36)37/h5-6,8-9,13-16,24-25H,7,10-12,17H2,1-4H3,(H,38,42). The summed E-state index contributed by atoms with van der Waals surface area (Å²) in [5.74, 6) is -0.496. The molecular weight excluding hydrogens is 597 g/mol. The highest BCUT2D eigenvalue weighted by molar-refractivity contribution is 5.75. The van der Waals surface area contributed by atoms with Crippen molar-refractivity contribution in [3.8, 4) is 0 Å². The van der Waals surface area contributed by atoms with Gasteiger partial charge >= 0.3 is 24.5 Å². The predicted molar refractivity (Wildman–Crippen MR) is 147 cm³/mol. The van der Waals surface area contributed by atoms with E-state index in [9.17, 15) is 40.3 Å². The third-order valence-electron chi connectivity index (χ3n) is 7.32. The Morgan fingerprint density at radius 3 is 2.09 bits per heavy atom. The minimum atomic E-state index is -5.03. The zero-order chi connectivity index (χ0) is 32.6. The Morgan fingerprint density at radius 1 is 0.886 bits per heavy atom. The highest BCUT2D eigenvalue weighted by Gasteiger charge is 2.40. The second-order valence-electron chi connectivity index (χ2n) is 11.8. The van der Waals surface area contributed by atoms with Gasteiger partial charge in [0.2, 0.25) is 0 Å². The first-order valence-electron chi connectivity index (χ1n) is 13.9. The van der Waals surface area contributed by atoms with Gasteiger partial charge < -0.3 is 14.5 Å². The van der Waals surface area contributed by atoms with Gasteiger partial charge in [-0.25, -0.2) is 19.0 Å². The Hall–Kier alpha value is -3.81. The number of hydrogen-bond acceptors (Lipinski definition) is 4.